The van der Waals surface area contributed by atoms with Gasteiger partial charge in [0.1, 0.15) is 6.79 Å². The van der Waals surface area contributed by atoms with E-state index in [-0.39, 0.29) is 19.8 Å². The summed E-state index contributed by atoms with van der Waals surface area (Å²) in [6, 6.07) is 0. The maximum Gasteiger partial charge on any atom is 0.140 e. The first-order chi connectivity index (χ1) is 5.60. The van der Waals surface area contributed by atoms with E-state index in [1.54, 1.807) is 0 Å². The molecular weight excluding hydrogens is 168 g/mol. The molecule has 0 aromatic heterocycles. The maximum absolute atomic E-state index is 8.11. The zero-order valence-corrected chi connectivity index (χ0v) is 7.09. The van der Waals surface area contributed by atoms with Crippen molar-refractivity contribution in [1.82, 2.24) is 0 Å². The molecule has 0 aliphatic carbocycles. The van der Waals surface area contributed by atoms with Crippen LogP contribution in [0.3, 0.4) is 0 Å². The van der Waals surface area contributed by atoms with E-state index >= 15 is 0 Å². The van der Waals surface area contributed by atoms with E-state index in [1.807, 2.05) is 0 Å². The van der Waals surface area contributed by atoms with Gasteiger partial charge in [0.15, 0.2) is 0 Å². The van der Waals surface area contributed by atoms with Crippen molar-refractivity contribution >= 4 is 0 Å². The smallest absolute Gasteiger partial charge is 0.140 e. The molecule has 6 heteroatoms. The lowest BCUT2D eigenvalue weighted by molar-refractivity contribution is 0.0773. The summed E-state index contributed by atoms with van der Waals surface area (Å²) in [5, 5.41) is 45.5. The zero-order valence-electron chi connectivity index (χ0n) is 7.09. The van der Waals surface area contributed by atoms with Crippen LogP contribution in [-0.4, -0.2) is 63.4 Å². The molecule has 1 atom stereocenters. The van der Waals surface area contributed by atoms with Crippen LogP contribution in [0, 0.1) is 0 Å². The number of hydrogen-bond acceptors (Lipinski definition) is 6. The standard InChI is InChI=1S/C3H8O2.C2H6O2.CH4O2/c1-3(5)2-4;3-1-2-4;2-1-3/h3-5H,2H2,1H3;3-4H,1-2H2;2-3H,1H2. The second-order valence-corrected chi connectivity index (χ2v) is 1.62. The van der Waals surface area contributed by atoms with Crippen molar-refractivity contribution in [2.75, 3.05) is 26.6 Å². The quantitative estimate of drug-likeness (QED) is 0.260. The third-order valence-corrected chi connectivity index (χ3v) is 0.364. The van der Waals surface area contributed by atoms with Crippen LogP contribution in [-0.2, 0) is 0 Å². The van der Waals surface area contributed by atoms with Crippen LogP contribution in [0.4, 0.5) is 0 Å². The Morgan fingerprint density at radius 1 is 0.917 bits per heavy atom. The molecule has 0 fully saturated rings. The zero-order chi connectivity index (χ0) is 10.4. The first-order valence-corrected chi connectivity index (χ1v) is 3.32. The maximum atomic E-state index is 8.11. The topological polar surface area (TPSA) is 121 Å². The van der Waals surface area contributed by atoms with Crippen molar-refractivity contribution in [1.29, 1.82) is 0 Å². The fraction of sp³-hybridized carbons (Fsp3) is 1.00. The van der Waals surface area contributed by atoms with Crippen molar-refractivity contribution in [3.63, 3.8) is 0 Å². The third kappa shape index (κ3) is 98.3. The highest BCUT2D eigenvalue weighted by atomic mass is 16.5. The Morgan fingerprint density at radius 3 is 1.08 bits per heavy atom. The largest absolute Gasteiger partial charge is 0.394 e. The van der Waals surface area contributed by atoms with Gasteiger partial charge in [-0.3, -0.25) is 0 Å². The molecule has 0 aliphatic rings. The molecule has 0 radical (unpaired) electrons. The Balaban J connectivity index is -0.000000105. The molecule has 0 aromatic rings. The SMILES string of the molecule is CC(O)CO.OCCO.OCO. The number of aliphatic hydroxyl groups is 6. The first-order valence-electron chi connectivity index (χ1n) is 3.32. The number of hydrogen-bond donors (Lipinski definition) is 6. The van der Waals surface area contributed by atoms with Crippen LogP contribution < -0.4 is 0 Å². The Kier molecular flexibility index (Phi) is 33.2. The van der Waals surface area contributed by atoms with Gasteiger partial charge in [0.2, 0.25) is 0 Å². The van der Waals surface area contributed by atoms with Gasteiger partial charge in [0, 0.05) is 0 Å². The summed E-state index contributed by atoms with van der Waals surface area (Å²) >= 11 is 0. The molecule has 12 heavy (non-hydrogen) atoms. The highest BCUT2D eigenvalue weighted by molar-refractivity contribution is 4.34. The Labute approximate surface area is 71.3 Å². The number of aliphatic hydroxyl groups excluding tert-OH is 5. The van der Waals surface area contributed by atoms with Crippen LogP contribution in [0.5, 0.6) is 0 Å². The van der Waals surface area contributed by atoms with Crippen molar-refractivity contribution in [2.45, 2.75) is 13.0 Å². The van der Waals surface area contributed by atoms with E-state index < -0.39 is 12.9 Å². The highest BCUT2D eigenvalue weighted by Gasteiger charge is 1.83. The Hall–Kier alpha value is -0.240. The molecule has 0 bridgehead atoms. The van der Waals surface area contributed by atoms with E-state index in [2.05, 4.69) is 0 Å². The van der Waals surface area contributed by atoms with Crippen molar-refractivity contribution in [2.24, 2.45) is 0 Å². The molecule has 0 saturated carbocycles. The van der Waals surface area contributed by atoms with Gasteiger partial charge in [0.05, 0.1) is 25.9 Å². The third-order valence-electron chi connectivity index (χ3n) is 0.364. The van der Waals surface area contributed by atoms with E-state index in [0.29, 0.717) is 0 Å². The molecule has 0 amide bonds. The summed E-state index contributed by atoms with van der Waals surface area (Å²) in [4.78, 5) is 0. The second-order valence-electron chi connectivity index (χ2n) is 1.62. The van der Waals surface area contributed by atoms with Gasteiger partial charge in [-0.05, 0) is 6.92 Å². The minimum atomic E-state index is -0.750. The summed E-state index contributed by atoms with van der Waals surface area (Å²) in [7, 11) is 0. The van der Waals surface area contributed by atoms with Gasteiger partial charge in [-0.25, -0.2) is 0 Å². The minimum absolute atomic E-state index is 0.125. The lowest BCUT2D eigenvalue weighted by Gasteiger charge is -1.90. The molecule has 0 rings (SSSR count). The fourth-order valence-corrected chi connectivity index (χ4v) is 0. The summed E-state index contributed by atoms with van der Waals surface area (Å²) < 4.78 is 0. The summed E-state index contributed by atoms with van der Waals surface area (Å²) in [5.74, 6) is 0. The Morgan fingerprint density at radius 2 is 1.08 bits per heavy atom. The van der Waals surface area contributed by atoms with E-state index in [4.69, 9.17) is 30.6 Å². The number of rotatable bonds is 2. The highest BCUT2D eigenvalue weighted by Crippen LogP contribution is 1.68. The average Bonchev–Trinajstić information content (AvgIpc) is 2.06. The molecule has 6 N–H and O–H groups in total. The Bertz CT molecular complexity index is 47.3. The summed E-state index contributed by atoms with van der Waals surface area (Å²) in [5.41, 5.74) is 0. The predicted molar refractivity (Wildman–Crippen MR) is 42.2 cm³/mol. The van der Waals surface area contributed by atoms with Gasteiger partial charge in [-0.15, -0.1) is 0 Å². The predicted octanol–water partition coefficient (Wildman–Crippen LogP) is -2.74. The van der Waals surface area contributed by atoms with Gasteiger partial charge < -0.3 is 30.6 Å². The van der Waals surface area contributed by atoms with Crippen LogP contribution in [0.1, 0.15) is 6.92 Å². The molecule has 0 aliphatic heterocycles. The van der Waals surface area contributed by atoms with Crippen LogP contribution >= 0.6 is 0 Å². The molecular formula is C6H18O6. The van der Waals surface area contributed by atoms with Crippen molar-refractivity contribution < 1.29 is 30.6 Å². The van der Waals surface area contributed by atoms with Crippen molar-refractivity contribution in [3.8, 4) is 0 Å². The van der Waals surface area contributed by atoms with Crippen molar-refractivity contribution in [3.05, 3.63) is 0 Å². The minimum Gasteiger partial charge on any atom is -0.394 e. The molecule has 0 spiro atoms. The van der Waals surface area contributed by atoms with Crippen LogP contribution in [0.15, 0.2) is 0 Å². The normalized spacial score (nSPS) is 10.2. The van der Waals surface area contributed by atoms with Crippen LogP contribution in [0.25, 0.3) is 0 Å². The monoisotopic (exact) mass is 186 g/mol. The van der Waals surface area contributed by atoms with Gasteiger partial charge >= 0.3 is 0 Å². The molecule has 0 heterocycles. The second kappa shape index (κ2) is 22.4. The van der Waals surface area contributed by atoms with Crippen LogP contribution in [0.2, 0.25) is 0 Å². The van der Waals surface area contributed by atoms with Gasteiger partial charge in [-0.1, -0.05) is 0 Å². The lowest BCUT2D eigenvalue weighted by Crippen LogP contribution is -2.03. The summed E-state index contributed by atoms with van der Waals surface area (Å²) in [6.07, 6.45) is -0.560. The fourth-order valence-electron chi connectivity index (χ4n) is 0. The van der Waals surface area contributed by atoms with E-state index in [0.717, 1.165) is 0 Å². The lowest BCUT2D eigenvalue weighted by atomic mass is 10.5. The molecule has 1 unspecified atom stereocenters. The summed E-state index contributed by atoms with van der Waals surface area (Å²) in [6.45, 7) is 0.389. The molecule has 6 nitrogen and oxygen atoms in total. The average molecular weight is 186 g/mol. The molecule has 0 aromatic carbocycles. The van der Waals surface area contributed by atoms with E-state index in [1.165, 1.54) is 6.92 Å². The van der Waals surface area contributed by atoms with E-state index in [9.17, 15) is 0 Å². The van der Waals surface area contributed by atoms with Gasteiger partial charge in [0.25, 0.3) is 0 Å². The molecule has 78 valence electrons. The first kappa shape index (κ1) is 17.7. The van der Waals surface area contributed by atoms with Gasteiger partial charge in [-0.2, -0.15) is 0 Å². The molecule has 0 saturated heterocycles.